The highest BCUT2D eigenvalue weighted by atomic mass is 79.9. The van der Waals surface area contributed by atoms with E-state index in [0.717, 1.165) is 30.3 Å². The van der Waals surface area contributed by atoms with Gasteiger partial charge in [-0.25, -0.2) is 4.39 Å². The lowest BCUT2D eigenvalue weighted by molar-refractivity contribution is 0.253. The summed E-state index contributed by atoms with van der Waals surface area (Å²) in [7, 11) is 2.05. The van der Waals surface area contributed by atoms with Gasteiger partial charge in [0.2, 0.25) is 0 Å². The van der Waals surface area contributed by atoms with Crippen LogP contribution < -0.4 is 0 Å². The third-order valence-electron chi connectivity index (χ3n) is 2.91. The first-order chi connectivity index (χ1) is 7.66. The molecule has 0 fully saturated rings. The van der Waals surface area contributed by atoms with Crippen LogP contribution in [0.4, 0.5) is 4.39 Å². The maximum absolute atomic E-state index is 13.6. The van der Waals surface area contributed by atoms with Crippen molar-refractivity contribution in [1.29, 1.82) is 0 Å². The Hall–Kier alpha value is -0.410. The van der Waals surface area contributed by atoms with Gasteiger partial charge in [0.15, 0.2) is 0 Å². The number of rotatable bonds is 6. The van der Waals surface area contributed by atoms with Gasteiger partial charge in [0.1, 0.15) is 5.82 Å². The number of halogens is 2. The molecule has 3 heteroatoms. The molecular formula is C13H19BrFN. The van der Waals surface area contributed by atoms with Crippen LogP contribution in [-0.2, 0) is 0 Å². The second-order valence-corrected chi connectivity index (χ2v) is 4.87. The fraction of sp³-hybridized carbons (Fsp3) is 0.538. The minimum Gasteiger partial charge on any atom is -0.300 e. The predicted molar refractivity (Wildman–Crippen MR) is 70.5 cm³/mol. The predicted octanol–water partition coefficient (Wildman–Crippen LogP) is 3.99. The highest BCUT2D eigenvalue weighted by molar-refractivity contribution is 9.09. The first-order valence-corrected chi connectivity index (χ1v) is 6.79. The van der Waals surface area contributed by atoms with E-state index in [0.29, 0.717) is 0 Å². The maximum atomic E-state index is 13.6. The molecule has 0 saturated heterocycles. The topological polar surface area (TPSA) is 3.24 Å². The SMILES string of the molecule is CC(c1ccccc1F)N(C)CCCCBr. The molecule has 90 valence electrons. The number of hydrogen-bond donors (Lipinski definition) is 0. The Bertz CT molecular complexity index is 317. The van der Waals surface area contributed by atoms with Gasteiger partial charge in [-0.05, 0) is 39.4 Å². The van der Waals surface area contributed by atoms with Gasteiger partial charge < -0.3 is 0 Å². The van der Waals surface area contributed by atoms with Crippen molar-refractivity contribution in [3.05, 3.63) is 35.6 Å². The van der Waals surface area contributed by atoms with Gasteiger partial charge in [-0.3, -0.25) is 4.90 Å². The van der Waals surface area contributed by atoms with Crippen LogP contribution in [0.3, 0.4) is 0 Å². The molecule has 1 aromatic carbocycles. The summed E-state index contributed by atoms with van der Waals surface area (Å²) in [5, 5.41) is 1.04. The van der Waals surface area contributed by atoms with Crippen molar-refractivity contribution < 1.29 is 4.39 Å². The van der Waals surface area contributed by atoms with Crippen molar-refractivity contribution in [3.63, 3.8) is 0 Å². The molecule has 1 nitrogen and oxygen atoms in total. The van der Waals surface area contributed by atoms with Gasteiger partial charge in [0, 0.05) is 16.9 Å². The lowest BCUT2D eigenvalue weighted by Crippen LogP contribution is -2.24. The highest BCUT2D eigenvalue weighted by Gasteiger charge is 2.14. The number of unbranched alkanes of at least 4 members (excludes halogenated alkanes) is 1. The Labute approximate surface area is 106 Å². The standard InChI is InChI=1S/C13H19BrFN/c1-11(16(2)10-6-5-9-14)12-7-3-4-8-13(12)15/h3-4,7-8,11H,5-6,9-10H2,1-2H3. The zero-order valence-corrected chi connectivity index (χ0v) is 11.5. The molecule has 0 spiro atoms. The van der Waals surface area contributed by atoms with E-state index < -0.39 is 0 Å². The molecule has 1 rings (SSSR count). The number of benzene rings is 1. The van der Waals surface area contributed by atoms with E-state index in [2.05, 4.69) is 20.8 Å². The monoisotopic (exact) mass is 287 g/mol. The van der Waals surface area contributed by atoms with Crippen LogP contribution >= 0.6 is 15.9 Å². The van der Waals surface area contributed by atoms with E-state index >= 15 is 0 Å². The molecule has 0 aliphatic carbocycles. The molecule has 0 aliphatic rings. The van der Waals surface area contributed by atoms with E-state index in [4.69, 9.17) is 0 Å². The average molecular weight is 288 g/mol. The smallest absolute Gasteiger partial charge is 0.127 e. The number of hydrogen-bond acceptors (Lipinski definition) is 1. The van der Waals surface area contributed by atoms with Crippen LogP contribution in [0.1, 0.15) is 31.4 Å². The molecular weight excluding hydrogens is 269 g/mol. The van der Waals surface area contributed by atoms with Crippen LogP contribution in [0.25, 0.3) is 0 Å². The largest absolute Gasteiger partial charge is 0.300 e. The van der Waals surface area contributed by atoms with E-state index in [1.165, 1.54) is 6.07 Å². The zero-order chi connectivity index (χ0) is 12.0. The Kier molecular flexibility index (Phi) is 5.99. The Morgan fingerprint density at radius 3 is 2.62 bits per heavy atom. The van der Waals surface area contributed by atoms with Crippen molar-refractivity contribution in [3.8, 4) is 0 Å². The zero-order valence-electron chi connectivity index (χ0n) is 9.92. The normalized spacial score (nSPS) is 13.1. The molecule has 0 saturated carbocycles. The van der Waals surface area contributed by atoms with Gasteiger partial charge in [-0.2, -0.15) is 0 Å². The van der Waals surface area contributed by atoms with Crippen molar-refractivity contribution in [2.75, 3.05) is 18.9 Å². The van der Waals surface area contributed by atoms with Crippen LogP contribution in [0.5, 0.6) is 0 Å². The minimum absolute atomic E-state index is 0.109. The molecule has 1 unspecified atom stereocenters. The minimum atomic E-state index is -0.109. The summed E-state index contributed by atoms with van der Waals surface area (Å²) in [6.45, 7) is 3.05. The van der Waals surface area contributed by atoms with E-state index in [9.17, 15) is 4.39 Å². The lowest BCUT2D eigenvalue weighted by Gasteiger charge is -2.25. The highest BCUT2D eigenvalue weighted by Crippen LogP contribution is 2.21. The molecule has 1 atom stereocenters. The lowest BCUT2D eigenvalue weighted by atomic mass is 10.1. The molecule has 0 bridgehead atoms. The summed E-state index contributed by atoms with van der Waals surface area (Å²) in [6.07, 6.45) is 2.30. The van der Waals surface area contributed by atoms with Gasteiger partial charge in [-0.15, -0.1) is 0 Å². The van der Waals surface area contributed by atoms with Crippen molar-refractivity contribution in [1.82, 2.24) is 4.90 Å². The first kappa shape index (κ1) is 13.7. The molecule has 0 heterocycles. The van der Waals surface area contributed by atoms with Crippen molar-refractivity contribution >= 4 is 15.9 Å². The first-order valence-electron chi connectivity index (χ1n) is 5.67. The van der Waals surface area contributed by atoms with E-state index in [-0.39, 0.29) is 11.9 Å². The molecule has 1 aromatic rings. The fourth-order valence-corrected chi connectivity index (χ4v) is 2.10. The molecule has 0 N–H and O–H groups in total. The fourth-order valence-electron chi connectivity index (χ4n) is 1.70. The van der Waals surface area contributed by atoms with Gasteiger partial charge in [0.25, 0.3) is 0 Å². The van der Waals surface area contributed by atoms with Gasteiger partial charge in [0.05, 0.1) is 0 Å². The summed E-state index contributed by atoms with van der Waals surface area (Å²) in [4.78, 5) is 2.20. The van der Waals surface area contributed by atoms with Crippen LogP contribution in [0.15, 0.2) is 24.3 Å². The Morgan fingerprint density at radius 1 is 1.31 bits per heavy atom. The second-order valence-electron chi connectivity index (χ2n) is 4.07. The Morgan fingerprint density at radius 2 is 2.00 bits per heavy atom. The molecule has 0 aromatic heterocycles. The summed E-state index contributed by atoms with van der Waals surface area (Å²) < 4.78 is 13.6. The van der Waals surface area contributed by atoms with E-state index in [1.807, 2.05) is 26.1 Å². The number of nitrogens with zero attached hydrogens (tertiary/aromatic N) is 1. The quantitative estimate of drug-likeness (QED) is 0.565. The summed E-state index contributed by atoms with van der Waals surface area (Å²) in [5.74, 6) is -0.109. The molecule has 0 amide bonds. The van der Waals surface area contributed by atoms with Crippen molar-refractivity contribution in [2.45, 2.75) is 25.8 Å². The Balaban J connectivity index is 2.56. The summed E-state index contributed by atoms with van der Waals surface area (Å²) in [5.41, 5.74) is 0.781. The molecule has 16 heavy (non-hydrogen) atoms. The molecule has 0 radical (unpaired) electrons. The third-order valence-corrected chi connectivity index (χ3v) is 3.47. The summed E-state index contributed by atoms with van der Waals surface area (Å²) in [6, 6.07) is 7.15. The van der Waals surface area contributed by atoms with Crippen LogP contribution in [0.2, 0.25) is 0 Å². The second kappa shape index (κ2) is 7.02. The van der Waals surface area contributed by atoms with Gasteiger partial charge in [-0.1, -0.05) is 34.1 Å². The number of alkyl halides is 1. The van der Waals surface area contributed by atoms with Crippen LogP contribution in [-0.4, -0.2) is 23.8 Å². The average Bonchev–Trinajstić information content (AvgIpc) is 2.29. The van der Waals surface area contributed by atoms with Crippen molar-refractivity contribution in [2.24, 2.45) is 0 Å². The molecule has 0 aliphatic heterocycles. The maximum Gasteiger partial charge on any atom is 0.127 e. The van der Waals surface area contributed by atoms with Crippen LogP contribution in [0, 0.1) is 5.82 Å². The van der Waals surface area contributed by atoms with Gasteiger partial charge >= 0.3 is 0 Å². The summed E-state index contributed by atoms with van der Waals surface area (Å²) >= 11 is 3.41. The van der Waals surface area contributed by atoms with E-state index in [1.54, 1.807) is 6.07 Å². The third kappa shape index (κ3) is 3.87.